The Morgan fingerprint density at radius 1 is 1.24 bits per heavy atom. The number of hydrogen-bond donors (Lipinski definition) is 1. The molecule has 2 aromatic heterocycles. The van der Waals surface area contributed by atoms with Crippen LogP contribution < -0.4 is 5.32 Å². The van der Waals surface area contributed by atoms with Gasteiger partial charge in [0.15, 0.2) is 5.13 Å². The van der Waals surface area contributed by atoms with E-state index in [9.17, 15) is 4.79 Å². The molecular formula is C16H18N6OS2. The van der Waals surface area contributed by atoms with Gasteiger partial charge in [0.2, 0.25) is 11.1 Å². The van der Waals surface area contributed by atoms with Crippen molar-refractivity contribution in [2.45, 2.75) is 25.9 Å². The first-order valence-electron chi connectivity index (χ1n) is 7.63. The highest BCUT2D eigenvalue weighted by molar-refractivity contribution is 7.99. The predicted octanol–water partition coefficient (Wildman–Crippen LogP) is 2.99. The molecule has 1 N–H and O–H groups in total. The molecule has 3 rings (SSSR count). The van der Waals surface area contributed by atoms with Crippen LogP contribution in [-0.2, 0) is 11.8 Å². The van der Waals surface area contributed by atoms with Crippen molar-refractivity contribution >= 4 is 34.1 Å². The lowest BCUT2D eigenvalue weighted by atomic mass is 9.99. The summed E-state index contributed by atoms with van der Waals surface area (Å²) in [6, 6.07) is 4.30. The Balaban J connectivity index is 1.66. The average Bonchev–Trinajstić information content (AvgIpc) is 3.18. The van der Waals surface area contributed by atoms with E-state index in [0.717, 1.165) is 11.3 Å². The molecule has 0 spiro atoms. The fourth-order valence-corrected chi connectivity index (χ4v) is 3.70. The minimum Gasteiger partial charge on any atom is -0.301 e. The van der Waals surface area contributed by atoms with Crippen LogP contribution in [0.1, 0.15) is 16.7 Å². The number of rotatable bonds is 5. The van der Waals surface area contributed by atoms with Gasteiger partial charge in [-0.15, -0.1) is 16.4 Å². The molecule has 3 aromatic rings. The lowest BCUT2D eigenvalue weighted by Crippen LogP contribution is -2.14. The molecule has 7 nitrogen and oxygen atoms in total. The van der Waals surface area contributed by atoms with Gasteiger partial charge < -0.3 is 5.32 Å². The number of thiazole rings is 1. The summed E-state index contributed by atoms with van der Waals surface area (Å²) >= 11 is 2.70. The highest BCUT2D eigenvalue weighted by Gasteiger charge is 2.12. The second-order valence-corrected chi connectivity index (χ2v) is 7.51. The molecule has 0 fully saturated rings. The zero-order chi connectivity index (χ0) is 18.0. The van der Waals surface area contributed by atoms with Crippen LogP contribution >= 0.6 is 23.1 Å². The number of hydrogen-bond acceptors (Lipinski definition) is 7. The topological polar surface area (TPSA) is 85.6 Å². The van der Waals surface area contributed by atoms with Crippen molar-refractivity contribution in [3.8, 4) is 11.3 Å². The largest absolute Gasteiger partial charge is 0.301 e. The van der Waals surface area contributed by atoms with Crippen molar-refractivity contribution in [1.29, 1.82) is 0 Å². The molecule has 0 atom stereocenters. The summed E-state index contributed by atoms with van der Waals surface area (Å²) in [7, 11) is 1.74. The van der Waals surface area contributed by atoms with Crippen molar-refractivity contribution in [3.05, 3.63) is 34.2 Å². The van der Waals surface area contributed by atoms with Gasteiger partial charge in [0.25, 0.3) is 0 Å². The molecule has 0 saturated carbocycles. The van der Waals surface area contributed by atoms with Gasteiger partial charge in [-0.05, 0) is 54.0 Å². The molecule has 2 heterocycles. The first-order chi connectivity index (χ1) is 11.9. The Morgan fingerprint density at radius 3 is 2.72 bits per heavy atom. The highest BCUT2D eigenvalue weighted by atomic mass is 32.2. The Hall–Kier alpha value is -2.26. The maximum absolute atomic E-state index is 12.1. The van der Waals surface area contributed by atoms with Crippen LogP contribution in [0.5, 0.6) is 0 Å². The molecule has 1 amide bonds. The number of aryl methyl sites for hydroxylation is 4. The number of tetrazole rings is 1. The van der Waals surface area contributed by atoms with Crippen LogP contribution in [0.25, 0.3) is 11.3 Å². The number of amides is 1. The van der Waals surface area contributed by atoms with Gasteiger partial charge in [0.05, 0.1) is 11.4 Å². The third-order valence-electron chi connectivity index (χ3n) is 3.78. The van der Waals surface area contributed by atoms with Gasteiger partial charge in [0, 0.05) is 18.0 Å². The Morgan fingerprint density at radius 2 is 2.00 bits per heavy atom. The Kier molecular flexibility index (Phi) is 5.14. The molecular weight excluding hydrogens is 356 g/mol. The first-order valence-corrected chi connectivity index (χ1v) is 9.49. The van der Waals surface area contributed by atoms with Crippen LogP contribution in [-0.4, -0.2) is 36.9 Å². The van der Waals surface area contributed by atoms with E-state index in [4.69, 9.17) is 0 Å². The fraction of sp³-hybridized carbons (Fsp3) is 0.312. The van der Waals surface area contributed by atoms with E-state index < -0.39 is 0 Å². The van der Waals surface area contributed by atoms with E-state index in [2.05, 4.69) is 58.7 Å². The smallest absolute Gasteiger partial charge is 0.236 e. The molecule has 0 radical (unpaired) electrons. The van der Waals surface area contributed by atoms with Gasteiger partial charge in [0.1, 0.15) is 0 Å². The van der Waals surface area contributed by atoms with Crippen LogP contribution in [0.15, 0.2) is 22.7 Å². The van der Waals surface area contributed by atoms with E-state index in [1.54, 1.807) is 7.05 Å². The standard InChI is InChI=1S/C16H18N6OS2/c1-9-5-11(3)12(6-10(9)2)13-7-24-15(17-13)18-14(23)8-25-16-19-20-21-22(16)4/h5-7H,8H2,1-4H3,(H,17,18,23). The summed E-state index contributed by atoms with van der Waals surface area (Å²) < 4.78 is 1.53. The molecule has 0 aliphatic rings. The number of aromatic nitrogens is 5. The van der Waals surface area contributed by atoms with E-state index in [1.165, 1.54) is 44.5 Å². The van der Waals surface area contributed by atoms with Crippen molar-refractivity contribution in [2.24, 2.45) is 7.05 Å². The number of anilines is 1. The summed E-state index contributed by atoms with van der Waals surface area (Å²) in [6.07, 6.45) is 0. The quantitative estimate of drug-likeness (QED) is 0.691. The normalized spacial score (nSPS) is 10.9. The molecule has 0 aliphatic carbocycles. The van der Waals surface area contributed by atoms with Gasteiger partial charge in [-0.25, -0.2) is 9.67 Å². The zero-order valence-corrected chi connectivity index (χ0v) is 16.0. The lowest BCUT2D eigenvalue weighted by Gasteiger charge is -2.07. The maximum Gasteiger partial charge on any atom is 0.236 e. The summed E-state index contributed by atoms with van der Waals surface area (Å²) in [5.41, 5.74) is 5.65. The van der Waals surface area contributed by atoms with Crippen molar-refractivity contribution in [3.63, 3.8) is 0 Å². The summed E-state index contributed by atoms with van der Waals surface area (Å²) in [4.78, 5) is 16.6. The number of benzene rings is 1. The van der Waals surface area contributed by atoms with E-state index in [-0.39, 0.29) is 11.7 Å². The molecule has 25 heavy (non-hydrogen) atoms. The molecule has 9 heteroatoms. The highest BCUT2D eigenvalue weighted by Crippen LogP contribution is 2.29. The first kappa shape index (κ1) is 17.6. The monoisotopic (exact) mass is 374 g/mol. The molecule has 130 valence electrons. The summed E-state index contributed by atoms with van der Waals surface area (Å²) in [5.74, 6) is 0.0944. The van der Waals surface area contributed by atoms with Gasteiger partial charge >= 0.3 is 0 Å². The van der Waals surface area contributed by atoms with Crippen LogP contribution in [0.3, 0.4) is 0 Å². The van der Waals surface area contributed by atoms with Crippen molar-refractivity contribution in [2.75, 3.05) is 11.1 Å². The molecule has 0 saturated heterocycles. The van der Waals surface area contributed by atoms with Crippen LogP contribution in [0, 0.1) is 20.8 Å². The SMILES string of the molecule is Cc1cc(C)c(-c2csc(NC(=O)CSc3nnnn3C)n2)cc1C. The number of nitrogens with zero attached hydrogens (tertiary/aromatic N) is 5. The molecule has 0 bridgehead atoms. The van der Waals surface area contributed by atoms with Gasteiger partial charge in [-0.3, -0.25) is 4.79 Å². The molecule has 1 aromatic carbocycles. The van der Waals surface area contributed by atoms with Crippen molar-refractivity contribution < 1.29 is 4.79 Å². The lowest BCUT2D eigenvalue weighted by molar-refractivity contribution is -0.113. The minimum atomic E-state index is -0.134. The maximum atomic E-state index is 12.1. The van der Waals surface area contributed by atoms with E-state index in [1.807, 2.05) is 5.38 Å². The number of nitrogens with one attached hydrogen (secondary N) is 1. The van der Waals surface area contributed by atoms with Crippen LogP contribution in [0.2, 0.25) is 0 Å². The summed E-state index contributed by atoms with van der Waals surface area (Å²) in [5, 5.41) is 17.1. The Bertz CT molecular complexity index is 917. The van der Waals surface area contributed by atoms with Gasteiger partial charge in [-0.2, -0.15) is 0 Å². The second-order valence-electron chi connectivity index (χ2n) is 5.71. The average molecular weight is 374 g/mol. The number of carbonyl (C=O) groups excluding carboxylic acids is 1. The minimum absolute atomic E-state index is 0.134. The third kappa shape index (κ3) is 4.05. The fourth-order valence-electron chi connectivity index (χ4n) is 2.32. The van der Waals surface area contributed by atoms with E-state index >= 15 is 0 Å². The second kappa shape index (κ2) is 7.32. The number of carbonyl (C=O) groups is 1. The third-order valence-corrected chi connectivity index (χ3v) is 5.55. The van der Waals surface area contributed by atoms with Gasteiger partial charge in [-0.1, -0.05) is 17.8 Å². The zero-order valence-electron chi connectivity index (χ0n) is 14.4. The summed E-state index contributed by atoms with van der Waals surface area (Å²) in [6.45, 7) is 6.26. The van der Waals surface area contributed by atoms with Crippen molar-refractivity contribution in [1.82, 2.24) is 25.2 Å². The Labute approximate surface area is 153 Å². The van der Waals surface area contributed by atoms with Crippen LogP contribution in [0.4, 0.5) is 5.13 Å². The molecule has 0 unspecified atom stereocenters. The predicted molar refractivity (Wildman–Crippen MR) is 99.9 cm³/mol. The van der Waals surface area contributed by atoms with E-state index in [0.29, 0.717) is 10.3 Å². The number of thioether (sulfide) groups is 1. The molecule has 0 aliphatic heterocycles.